The molecular formula is C47H46Cl2SiZr-2. The molecule has 0 amide bonds. The van der Waals surface area contributed by atoms with Crippen molar-refractivity contribution in [3.8, 4) is 22.3 Å². The Hall–Kier alpha value is -3.26. The fraction of sp³-hybridized carbons (Fsp3) is 0.191. The second kappa shape index (κ2) is 18.5. The van der Waals surface area contributed by atoms with E-state index in [2.05, 4.69) is 180 Å². The van der Waals surface area contributed by atoms with E-state index in [9.17, 15) is 0 Å². The minimum Gasteiger partial charge on any atom is -1.00 e. The molecule has 0 aliphatic heterocycles. The van der Waals surface area contributed by atoms with Crippen LogP contribution in [-0.2, 0) is 29.8 Å². The molecule has 8 aromatic rings. The first kappa shape index (κ1) is 40.5. The second-order valence-electron chi connectivity index (χ2n) is 13.7. The molecule has 0 atom stereocenters. The van der Waals surface area contributed by atoms with Crippen LogP contribution in [0.4, 0.5) is 0 Å². The molecule has 51 heavy (non-hydrogen) atoms. The minimum absolute atomic E-state index is 0. The topological polar surface area (TPSA) is 0 Å². The van der Waals surface area contributed by atoms with Crippen LogP contribution in [0.2, 0.25) is 13.1 Å². The van der Waals surface area contributed by atoms with Crippen LogP contribution in [0.1, 0.15) is 49.8 Å². The predicted octanol–water partition coefficient (Wildman–Crippen LogP) is 7.93. The van der Waals surface area contributed by atoms with Gasteiger partial charge in [-0.25, -0.2) is 0 Å². The normalized spacial score (nSPS) is 10.7. The molecule has 0 radical (unpaired) electrons. The molecule has 0 nitrogen and oxygen atoms in total. The first-order chi connectivity index (χ1) is 23.7. The van der Waals surface area contributed by atoms with Crippen molar-refractivity contribution in [2.45, 2.75) is 59.5 Å². The van der Waals surface area contributed by atoms with Crippen molar-refractivity contribution in [1.82, 2.24) is 0 Å². The van der Waals surface area contributed by atoms with E-state index in [-0.39, 0.29) is 30.2 Å². The van der Waals surface area contributed by atoms with E-state index in [1.54, 1.807) is 23.3 Å². The van der Waals surface area contributed by atoms with E-state index < -0.39 is 0 Å². The maximum atomic E-state index is 2.39. The summed E-state index contributed by atoms with van der Waals surface area (Å²) in [5.41, 5.74) is 9.80. The molecule has 8 rings (SSSR count). The van der Waals surface area contributed by atoms with Gasteiger partial charge in [-0.3, -0.25) is 0 Å². The summed E-state index contributed by atoms with van der Waals surface area (Å²) < 4.78 is 0. The minimum atomic E-state index is 0. The number of aryl methyl sites for hydroxylation is 2. The Kier molecular flexibility index (Phi) is 14.7. The van der Waals surface area contributed by atoms with Gasteiger partial charge in [0.05, 0.1) is 0 Å². The number of fused-ring (bicyclic) bond motifs is 4. The van der Waals surface area contributed by atoms with Gasteiger partial charge in [-0.1, -0.05) is 142 Å². The number of rotatable bonds is 5. The molecule has 0 saturated heterocycles. The molecule has 4 heteroatoms. The van der Waals surface area contributed by atoms with E-state index in [1.165, 1.54) is 88.5 Å². The van der Waals surface area contributed by atoms with Crippen molar-refractivity contribution in [3.63, 3.8) is 0 Å². The monoisotopic (exact) mass is 798 g/mol. The smallest absolute Gasteiger partial charge is 1.00 e. The molecule has 0 heterocycles. The first-order valence-corrected chi connectivity index (χ1v) is 23.8. The Morgan fingerprint density at radius 1 is 0.588 bits per heavy atom. The van der Waals surface area contributed by atoms with E-state index in [0.29, 0.717) is 5.92 Å². The predicted molar refractivity (Wildman–Crippen MR) is 215 cm³/mol. The van der Waals surface area contributed by atoms with Crippen LogP contribution in [0.25, 0.3) is 65.3 Å². The van der Waals surface area contributed by atoms with Crippen molar-refractivity contribution >= 4 is 48.5 Å². The molecule has 0 bridgehead atoms. The van der Waals surface area contributed by atoms with Crippen molar-refractivity contribution in [1.29, 1.82) is 0 Å². The zero-order valence-corrected chi connectivity index (χ0v) is 35.5. The van der Waals surface area contributed by atoms with Gasteiger partial charge in [0.15, 0.2) is 0 Å². The summed E-state index contributed by atoms with van der Waals surface area (Å²) >= 11 is 1.74. The number of hydrogen-bond acceptors (Lipinski definition) is 0. The van der Waals surface area contributed by atoms with Crippen LogP contribution in [0, 0.1) is 6.92 Å². The Labute approximate surface area is 332 Å². The van der Waals surface area contributed by atoms with Gasteiger partial charge >= 0.3 is 41.9 Å². The number of halogens is 2. The van der Waals surface area contributed by atoms with Crippen LogP contribution in [0.3, 0.4) is 0 Å². The number of hydrogen-bond donors (Lipinski definition) is 0. The van der Waals surface area contributed by atoms with E-state index in [0.717, 1.165) is 6.42 Å². The zero-order valence-electron chi connectivity index (χ0n) is 30.5. The van der Waals surface area contributed by atoms with Gasteiger partial charge in [-0.05, 0) is 45.0 Å². The summed E-state index contributed by atoms with van der Waals surface area (Å²) in [5, 5.41) is 10.8. The standard InChI is InChI=1S/C23H21.C22H19.C2H6Si.2ClH.Zr/c1-3-7-17-14-22-16(2)12-13-21(23(22)15-17)20-11-6-9-18-8-4-5-10-19(18)20;1-15(2)18-13-17-9-6-12-21(22(17)14-18)20-11-5-8-16-7-3-4-10-19(16)20;1-3-2;;;/h4-6,8-15H,3,7H2,1-2H3;3-15H,1-2H3;1-2H3;2*1H;/q2*-1;;;;+2/p-2. The van der Waals surface area contributed by atoms with Crippen LogP contribution in [0.15, 0.2) is 140 Å². The third kappa shape index (κ3) is 9.22. The molecule has 0 aliphatic carbocycles. The Balaban J connectivity index is 0.000000200. The van der Waals surface area contributed by atoms with E-state index in [4.69, 9.17) is 0 Å². The first-order valence-electron chi connectivity index (χ1n) is 17.6. The van der Waals surface area contributed by atoms with Crippen LogP contribution in [0.5, 0.6) is 0 Å². The molecule has 0 saturated carbocycles. The maximum Gasteiger partial charge on any atom is -1.00 e. The van der Waals surface area contributed by atoms with Gasteiger partial charge in [0.25, 0.3) is 0 Å². The largest absolute Gasteiger partial charge is 1.00 e. The fourth-order valence-corrected chi connectivity index (χ4v) is 6.92. The summed E-state index contributed by atoms with van der Waals surface area (Å²) in [6, 6.07) is 51.1. The van der Waals surface area contributed by atoms with Crippen molar-refractivity contribution in [3.05, 3.63) is 156 Å². The summed E-state index contributed by atoms with van der Waals surface area (Å²) in [6.45, 7) is 13.6. The van der Waals surface area contributed by atoms with Crippen molar-refractivity contribution in [2.75, 3.05) is 0 Å². The molecule has 0 spiro atoms. The zero-order chi connectivity index (χ0) is 34.5. The summed E-state index contributed by atoms with van der Waals surface area (Å²) in [7, 11) is 0. The average molecular weight is 801 g/mol. The van der Waals surface area contributed by atoms with E-state index >= 15 is 0 Å². The van der Waals surface area contributed by atoms with Gasteiger partial charge in [0.2, 0.25) is 0 Å². The molecule has 0 aromatic heterocycles. The fourth-order valence-electron chi connectivity index (χ4n) is 6.92. The molecule has 0 aliphatic rings. The molecule has 8 aromatic carbocycles. The van der Waals surface area contributed by atoms with Gasteiger partial charge in [0.1, 0.15) is 0 Å². The van der Waals surface area contributed by atoms with Crippen LogP contribution in [-0.4, -0.2) is 5.43 Å². The number of benzene rings is 6. The van der Waals surface area contributed by atoms with E-state index in [1.807, 2.05) is 0 Å². The third-order valence-corrected chi connectivity index (χ3v) is 9.30. The second-order valence-corrected chi connectivity index (χ2v) is 23.1. The molecular weight excluding hydrogens is 755 g/mol. The van der Waals surface area contributed by atoms with Crippen LogP contribution < -0.4 is 24.8 Å². The third-order valence-electron chi connectivity index (χ3n) is 9.30. The maximum absolute atomic E-state index is 2.39. The Morgan fingerprint density at radius 2 is 1.08 bits per heavy atom. The SMILES string of the molecule is CC(C)c1cc2c(-c3cccc4ccccc34)cccc2[cH-]1.CCCc1cc2c(-c3cccc4ccccc34)ccc(C)c2[cH-]1.C[Si](C)=[Zr+2].[Cl-].[Cl-]. The van der Waals surface area contributed by atoms with Crippen molar-refractivity contribution in [2.24, 2.45) is 0 Å². The van der Waals surface area contributed by atoms with Gasteiger partial charge < -0.3 is 24.8 Å². The van der Waals surface area contributed by atoms with Gasteiger partial charge in [-0.2, -0.15) is 12.1 Å². The van der Waals surface area contributed by atoms with Gasteiger partial charge in [-0.15, -0.1) is 68.6 Å². The Morgan fingerprint density at radius 3 is 1.63 bits per heavy atom. The molecule has 0 N–H and O–H groups in total. The molecule has 0 unspecified atom stereocenters. The Bertz CT molecular complexity index is 2380. The summed E-state index contributed by atoms with van der Waals surface area (Å²) in [4.78, 5) is 0. The average Bonchev–Trinajstić information content (AvgIpc) is 3.74. The van der Waals surface area contributed by atoms with Crippen molar-refractivity contribution < 1.29 is 48.1 Å². The van der Waals surface area contributed by atoms with Gasteiger partial charge in [0, 0.05) is 0 Å². The quantitative estimate of drug-likeness (QED) is 0.123. The summed E-state index contributed by atoms with van der Waals surface area (Å²) in [6.07, 6.45) is 2.35. The van der Waals surface area contributed by atoms with Crippen LogP contribution >= 0.6 is 0 Å². The molecule has 0 fully saturated rings. The summed E-state index contributed by atoms with van der Waals surface area (Å²) in [5.74, 6) is 0.563. The molecule has 258 valence electrons.